The van der Waals surface area contributed by atoms with Gasteiger partial charge in [0.1, 0.15) is 5.69 Å². The van der Waals surface area contributed by atoms with Crippen molar-refractivity contribution in [1.82, 2.24) is 14.5 Å². The Balaban J connectivity index is 2.30. The Morgan fingerprint density at radius 3 is 2.17 bits per heavy atom. The summed E-state index contributed by atoms with van der Waals surface area (Å²) in [5.74, 6) is -0.661. The molecule has 0 N–H and O–H groups in total. The lowest BCUT2D eigenvalue weighted by atomic mass is 10.2. The third-order valence-electron chi connectivity index (χ3n) is 4.32. The summed E-state index contributed by atoms with van der Waals surface area (Å²) < 4.78 is 104. The molecule has 3 rings (SSSR count). The van der Waals surface area contributed by atoms with Crippen LogP contribution in [0, 0.1) is 0 Å². The SMILES string of the molecule is CCS(=O)(=O)c1cc(C(F)(F)F)cnc1-c1nc2cc(C(F)(F)F)ccc2n1C. The third kappa shape index (κ3) is 3.80. The van der Waals surface area contributed by atoms with E-state index in [1.54, 1.807) is 0 Å². The number of hydrogen-bond acceptors (Lipinski definition) is 4. The van der Waals surface area contributed by atoms with E-state index in [0.29, 0.717) is 12.3 Å². The first-order valence-corrected chi connectivity index (χ1v) is 9.75. The van der Waals surface area contributed by atoms with Crippen LogP contribution in [-0.4, -0.2) is 28.7 Å². The fourth-order valence-corrected chi connectivity index (χ4v) is 3.80. The van der Waals surface area contributed by atoms with E-state index in [1.165, 1.54) is 18.5 Å². The number of alkyl halides is 6. The van der Waals surface area contributed by atoms with Crippen LogP contribution in [0.15, 0.2) is 35.4 Å². The Kier molecular flexibility index (Phi) is 4.88. The number of aryl methyl sites for hydroxylation is 1. The number of fused-ring (bicyclic) bond motifs is 1. The predicted octanol–water partition coefficient (Wildman–Crippen LogP) is 4.47. The molecule has 0 bridgehead atoms. The van der Waals surface area contributed by atoms with E-state index < -0.39 is 44.0 Å². The van der Waals surface area contributed by atoms with E-state index in [4.69, 9.17) is 0 Å². The van der Waals surface area contributed by atoms with Crippen LogP contribution in [-0.2, 0) is 29.2 Å². The summed E-state index contributed by atoms with van der Waals surface area (Å²) in [5.41, 5.74) is -2.46. The van der Waals surface area contributed by atoms with Crippen molar-refractivity contribution in [3.05, 3.63) is 41.6 Å². The van der Waals surface area contributed by atoms with Crippen molar-refractivity contribution < 1.29 is 34.8 Å². The highest BCUT2D eigenvalue weighted by Gasteiger charge is 2.35. The molecule has 0 atom stereocenters. The Morgan fingerprint density at radius 2 is 1.62 bits per heavy atom. The van der Waals surface area contributed by atoms with Crippen molar-refractivity contribution in [2.75, 3.05) is 5.75 Å². The lowest BCUT2D eigenvalue weighted by Crippen LogP contribution is -2.13. The molecule has 1 aromatic carbocycles. The number of rotatable bonds is 3. The lowest BCUT2D eigenvalue weighted by Gasteiger charge is -2.12. The zero-order chi connectivity index (χ0) is 21.8. The number of sulfone groups is 1. The van der Waals surface area contributed by atoms with Crippen LogP contribution >= 0.6 is 0 Å². The second-order valence-electron chi connectivity index (χ2n) is 6.17. The van der Waals surface area contributed by atoms with Gasteiger partial charge in [-0.1, -0.05) is 6.92 Å². The van der Waals surface area contributed by atoms with E-state index in [1.807, 2.05) is 0 Å². The summed E-state index contributed by atoms with van der Waals surface area (Å²) in [6.07, 6.45) is -8.98. The second-order valence-corrected chi connectivity index (χ2v) is 8.41. The van der Waals surface area contributed by atoms with Gasteiger partial charge in [-0.25, -0.2) is 13.4 Å². The van der Waals surface area contributed by atoms with Crippen molar-refractivity contribution in [2.45, 2.75) is 24.2 Å². The molecular formula is C17H13F6N3O2S. The van der Waals surface area contributed by atoms with Gasteiger partial charge in [-0.15, -0.1) is 0 Å². The molecule has 0 saturated heterocycles. The number of pyridine rings is 1. The van der Waals surface area contributed by atoms with Crippen LogP contribution in [0.3, 0.4) is 0 Å². The van der Waals surface area contributed by atoms with Crippen molar-refractivity contribution in [3.63, 3.8) is 0 Å². The maximum atomic E-state index is 13.0. The van der Waals surface area contributed by atoms with Crippen molar-refractivity contribution in [3.8, 4) is 11.5 Å². The molecule has 29 heavy (non-hydrogen) atoms. The van der Waals surface area contributed by atoms with Gasteiger partial charge >= 0.3 is 12.4 Å². The number of imidazole rings is 1. The molecule has 2 heterocycles. The molecule has 0 aliphatic carbocycles. The summed E-state index contributed by atoms with van der Waals surface area (Å²) in [7, 11) is -2.74. The molecule has 5 nitrogen and oxygen atoms in total. The molecule has 3 aromatic rings. The molecule has 0 fully saturated rings. The minimum Gasteiger partial charge on any atom is -0.326 e. The van der Waals surface area contributed by atoms with Crippen LogP contribution in [0.4, 0.5) is 26.3 Å². The Bertz CT molecular complexity index is 1200. The zero-order valence-corrected chi connectivity index (χ0v) is 15.7. The highest BCUT2D eigenvalue weighted by molar-refractivity contribution is 7.91. The van der Waals surface area contributed by atoms with E-state index in [-0.39, 0.29) is 22.6 Å². The first-order chi connectivity index (χ1) is 13.3. The highest BCUT2D eigenvalue weighted by Crippen LogP contribution is 2.36. The second kappa shape index (κ2) is 6.71. The van der Waals surface area contributed by atoms with Gasteiger partial charge in [0.15, 0.2) is 15.7 Å². The Morgan fingerprint density at radius 1 is 1.00 bits per heavy atom. The number of nitrogens with zero attached hydrogens (tertiary/aromatic N) is 3. The van der Waals surface area contributed by atoms with Crippen LogP contribution in [0.1, 0.15) is 18.1 Å². The maximum absolute atomic E-state index is 13.0. The van der Waals surface area contributed by atoms with E-state index in [9.17, 15) is 34.8 Å². The molecule has 156 valence electrons. The van der Waals surface area contributed by atoms with Gasteiger partial charge < -0.3 is 4.57 Å². The first-order valence-electron chi connectivity index (χ1n) is 8.09. The third-order valence-corrected chi connectivity index (χ3v) is 6.06. The lowest BCUT2D eigenvalue weighted by molar-refractivity contribution is -0.138. The van der Waals surface area contributed by atoms with Crippen molar-refractivity contribution in [1.29, 1.82) is 0 Å². The van der Waals surface area contributed by atoms with Crippen molar-refractivity contribution in [2.24, 2.45) is 7.05 Å². The highest BCUT2D eigenvalue weighted by atomic mass is 32.2. The van der Waals surface area contributed by atoms with Crippen LogP contribution in [0.25, 0.3) is 22.6 Å². The van der Waals surface area contributed by atoms with Crippen molar-refractivity contribution >= 4 is 20.9 Å². The minimum atomic E-state index is -4.82. The molecule has 0 unspecified atom stereocenters. The van der Waals surface area contributed by atoms with Crippen LogP contribution < -0.4 is 0 Å². The monoisotopic (exact) mass is 437 g/mol. The zero-order valence-electron chi connectivity index (χ0n) is 14.9. The number of halogens is 6. The van der Waals surface area contributed by atoms with E-state index >= 15 is 0 Å². The molecule has 12 heteroatoms. The molecule has 0 aliphatic rings. The average Bonchev–Trinajstić information content (AvgIpc) is 2.96. The van der Waals surface area contributed by atoms with Gasteiger partial charge in [0.25, 0.3) is 0 Å². The summed E-state index contributed by atoms with van der Waals surface area (Å²) in [6.45, 7) is 1.25. The maximum Gasteiger partial charge on any atom is 0.417 e. The van der Waals surface area contributed by atoms with Gasteiger partial charge in [-0.3, -0.25) is 4.98 Å². The summed E-state index contributed by atoms with van der Waals surface area (Å²) in [4.78, 5) is 6.97. The number of hydrogen-bond donors (Lipinski definition) is 0. The van der Waals surface area contributed by atoms with Gasteiger partial charge in [-0.05, 0) is 24.3 Å². The molecule has 0 spiro atoms. The summed E-state index contributed by atoms with van der Waals surface area (Å²) >= 11 is 0. The predicted molar refractivity (Wildman–Crippen MR) is 91.7 cm³/mol. The van der Waals surface area contributed by atoms with Gasteiger partial charge in [0.05, 0.1) is 32.8 Å². The van der Waals surface area contributed by atoms with Gasteiger partial charge in [0.2, 0.25) is 0 Å². The van der Waals surface area contributed by atoms with E-state index in [2.05, 4.69) is 9.97 Å². The van der Waals surface area contributed by atoms with Gasteiger partial charge in [0, 0.05) is 13.2 Å². The Labute approximate surface area is 160 Å². The first kappa shape index (κ1) is 21.1. The minimum absolute atomic E-state index is 0.0983. The van der Waals surface area contributed by atoms with Crippen LogP contribution in [0.2, 0.25) is 0 Å². The fraction of sp³-hybridized carbons (Fsp3) is 0.294. The summed E-state index contributed by atoms with van der Waals surface area (Å²) in [5, 5.41) is 0. The summed E-state index contributed by atoms with van der Waals surface area (Å²) in [6, 6.07) is 3.21. The molecular weight excluding hydrogens is 424 g/mol. The van der Waals surface area contributed by atoms with Crippen LogP contribution in [0.5, 0.6) is 0 Å². The normalized spacial score (nSPS) is 13.2. The smallest absolute Gasteiger partial charge is 0.326 e. The molecule has 2 aromatic heterocycles. The molecule has 0 aliphatic heterocycles. The standard InChI is InChI=1S/C17H13F6N3O2S/c1-3-29(27,28)13-7-10(17(21,22)23)8-24-14(13)15-25-11-6-9(16(18,19)20)4-5-12(11)26(15)2/h4-8H,3H2,1-2H3. The van der Waals surface area contributed by atoms with E-state index in [0.717, 1.165) is 18.2 Å². The molecule has 0 amide bonds. The van der Waals surface area contributed by atoms with Gasteiger partial charge in [-0.2, -0.15) is 26.3 Å². The largest absolute Gasteiger partial charge is 0.417 e. The quantitative estimate of drug-likeness (QED) is 0.568. The topological polar surface area (TPSA) is 64.8 Å². The molecule has 0 radical (unpaired) electrons. The molecule has 0 saturated carbocycles. The average molecular weight is 437 g/mol. The Hall–Kier alpha value is -2.63. The number of aromatic nitrogens is 3. The fourth-order valence-electron chi connectivity index (χ4n) is 2.75. The number of benzene rings is 1.